The van der Waals surface area contributed by atoms with Gasteiger partial charge in [-0.15, -0.1) is 5.10 Å². The van der Waals surface area contributed by atoms with Crippen molar-refractivity contribution in [2.24, 2.45) is 0 Å². The summed E-state index contributed by atoms with van der Waals surface area (Å²) in [6.45, 7) is 6.23. The zero-order valence-electron chi connectivity index (χ0n) is 8.56. The van der Waals surface area contributed by atoms with Crippen molar-refractivity contribution < 1.29 is 4.42 Å². The first-order valence-electron chi connectivity index (χ1n) is 4.54. The van der Waals surface area contributed by atoms with Gasteiger partial charge in [-0.05, 0) is 32.9 Å². The van der Waals surface area contributed by atoms with Crippen LogP contribution in [-0.2, 0) is 5.54 Å². The van der Waals surface area contributed by atoms with Crippen molar-refractivity contribution in [2.75, 3.05) is 0 Å². The van der Waals surface area contributed by atoms with Crippen LogP contribution in [0.1, 0.15) is 20.8 Å². The van der Waals surface area contributed by atoms with Crippen LogP contribution in [-0.4, -0.2) is 15.0 Å². The highest BCUT2D eigenvalue weighted by Crippen LogP contribution is 2.19. The molecule has 0 unspecified atom stereocenters. The molecule has 0 saturated carbocycles. The number of furan rings is 1. The maximum absolute atomic E-state index is 5.23. The molecule has 4 nitrogen and oxygen atoms in total. The Bertz CT molecular complexity index is 409. The minimum atomic E-state index is -0.0438. The highest BCUT2D eigenvalue weighted by atomic mass is 16.3. The third-order valence-corrected chi connectivity index (χ3v) is 1.95. The topological polar surface area (TPSA) is 43.9 Å². The molecule has 0 aliphatic heterocycles. The van der Waals surface area contributed by atoms with Crippen molar-refractivity contribution in [3.05, 3.63) is 24.6 Å². The lowest BCUT2D eigenvalue weighted by molar-refractivity contribution is 0.347. The number of aromatic nitrogens is 3. The van der Waals surface area contributed by atoms with Gasteiger partial charge in [0.15, 0.2) is 5.76 Å². The standard InChI is InChI=1S/C10H13N3O/c1-10(2,3)13-7-8(11-12-13)9-5-4-6-14-9/h4-7H,1-3H3. The molecule has 14 heavy (non-hydrogen) atoms. The quantitative estimate of drug-likeness (QED) is 0.694. The highest BCUT2D eigenvalue weighted by molar-refractivity contribution is 5.49. The summed E-state index contributed by atoms with van der Waals surface area (Å²) in [5.74, 6) is 0.750. The van der Waals surface area contributed by atoms with Gasteiger partial charge in [0.1, 0.15) is 5.69 Å². The maximum atomic E-state index is 5.23. The molecule has 0 amide bonds. The largest absolute Gasteiger partial charge is 0.463 e. The number of hydrogen-bond acceptors (Lipinski definition) is 3. The molecular weight excluding hydrogens is 178 g/mol. The van der Waals surface area contributed by atoms with E-state index in [1.807, 2.05) is 23.0 Å². The number of rotatable bonds is 1. The molecular formula is C10H13N3O. The van der Waals surface area contributed by atoms with Crippen LogP contribution in [0.2, 0.25) is 0 Å². The van der Waals surface area contributed by atoms with Gasteiger partial charge in [-0.1, -0.05) is 5.21 Å². The van der Waals surface area contributed by atoms with Crippen molar-refractivity contribution in [3.63, 3.8) is 0 Å². The summed E-state index contributed by atoms with van der Waals surface area (Å²) in [4.78, 5) is 0. The van der Waals surface area contributed by atoms with Crippen LogP contribution in [0, 0.1) is 0 Å². The maximum Gasteiger partial charge on any atom is 0.155 e. The average Bonchev–Trinajstić information content (AvgIpc) is 2.73. The summed E-state index contributed by atoms with van der Waals surface area (Å²) in [5.41, 5.74) is 0.725. The van der Waals surface area contributed by atoms with Crippen molar-refractivity contribution in [1.29, 1.82) is 0 Å². The lowest BCUT2D eigenvalue weighted by Crippen LogP contribution is -2.22. The molecule has 74 valence electrons. The molecule has 0 fully saturated rings. The summed E-state index contributed by atoms with van der Waals surface area (Å²) in [7, 11) is 0. The van der Waals surface area contributed by atoms with E-state index in [2.05, 4.69) is 31.1 Å². The van der Waals surface area contributed by atoms with Gasteiger partial charge >= 0.3 is 0 Å². The zero-order valence-corrected chi connectivity index (χ0v) is 8.56. The molecule has 4 heteroatoms. The van der Waals surface area contributed by atoms with Gasteiger partial charge in [0.2, 0.25) is 0 Å². The Balaban J connectivity index is 2.36. The van der Waals surface area contributed by atoms with Crippen LogP contribution >= 0.6 is 0 Å². The van der Waals surface area contributed by atoms with Gasteiger partial charge in [0.05, 0.1) is 18.0 Å². The van der Waals surface area contributed by atoms with E-state index >= 15 is 0 Å². The molecule has 2 rings (SSSR count). The summed E-state index contributed by atoms with van der Waals surface area (Å²) in [6.07, 6.45) is 3.52. The summed E-state index contributed by atoms with van der Waals surface area (Å²) < 4.78 is 7.05. The molecule has 0 radical (unpaired) electrons. The number of hydrogen-bond donors (Lipinski definition) is 0. The van der Waals surface area contributed by atoms with E-state index in [-0.39, 0.29) is 5.54 Å². The van der Waals surface area contributed by atoms with Gasteiger partial charge in [0.25, 0.3) is 0 Å². The summed E-state index contributed by atoms with van der Waals surface area (Å²) in [5, 5.41) is 8.09. The first-order chi connectivity index (χ1) is 6.57. The van der Waals surface area contributed by atoms with Crippen LogP contribution in [0.5, 0.6) is 0 Å². The lowest BCUT2D eigenvalue weighted by Gasteiger charge is -2.17. The van der Waals surface area contributed by atoms with Crippen molar-refractivity contribution >= 4 is 0 Å². The second-order valence-electron chi connectivity index (χ2n) is 4.20. The predicted molar refractivity (Wildman–Crippen MR) is 52.7 cm³/mol. The van der Waals surface area contributed by atoms with E-state index in [0.29, 0.717) is 0 Å². The zero-order chi connectivity index (χ0) is 10.2. The first kappa shape index (κ1) is 8.99. The lowest BCUT2D eigenvalue weighted by atomic mass is 10.1. The molecule has 0 atom stereocenters. The molecule has 2 aromatic rings. The normalized spacial score (nSPS) is 11.9. The Hall–Kier alpha value is -1.58. The second-order valence-corrected chi connectivity index (χ2v) is 4.20. The Kier molecular flexibility index (Phi) is 1.91. The fraction of sp³-hybridized carbons (Fsp3) is 0.400. The fourth-order valence-corrected chi connectivity index (χ4v) is 1.13. The summed E-state index contributed by atoms with van der Waals surface area (Å²) in [6, 6.07) is 3.71. The van der Waals surface area contributed by atoms with Crippen LogP contribution in [0.15, 0.2) is 29.0 Å². The van der Waals surface area contributed by atoms with E-state index < -0.39 is 0 Å². The molecule has 0 N–H and O–H groups in total. The number of nitrogens with zero attached hydrogens (tertiary/aromatic N) is 3. The third-order valence-electron chi connectivity index (χ3n) is 1.95. The molecule has 0 aromatic carbocycles. The fourth-order valence-electron chi connectivity index (χ4n) is 1.13. The van der Waals surface area contributed by atoms with Gasteiger partial charge in [-0.25, -0.2) is 4.68 Å². The SMILES string of the molecule is CC(C)(C)n1cc(-c2ccco2)nn1. The van der Waals surface area contributed by atoms with Crippen LogP contribution in [0.4, 0.5) is 0 Å². The summed E-state index contributed by atoms with van der Waals surface area (Å²) >= 11 is 0. The Morgan fingerprint density at radius 2 is 2.14 bits per heavy atom. The third kappa shape index (κ3) is 1.55. The molecule has 0 saturated heterocycles. The Morgan fingerprint density at radius 1 is 1.36 bits per heavy atom. The van der Waals surface area contributed by atoms with Crippen molar-refractivity contribution in [3.8, 4) is 11.5 Å². The molecule has 0 bridgehead atoms. The van der Waals surface area contributed by atoms with E-state index in [9.17, 15) is 0 Å². The van der Waals surface area contributed by atoms with E-state index in [1.165, 1.54) is 0 Å². The van der Waals surface area contributed by atoms with E-state index in [4.69, 9.17) is 4.42 Å². The predicted octanol–water partition coefficient (Wildman–Crippen LogP) is 2.29. The smallest absolute Gasteiger partial charge is 0.155 e. The molecule has 0 aliphatic rings. The Labute approximate surface area is 82.5 Å². The molecule has 0 spiro atoms. The molecule has 2 aromatic heterocycles. The minimum absolute atomic E-state index is 0.0438. The van der Waals surface area contributed by atoms with E-state index in [0.717, 1.165) is 11.5 Å². The van der Waals surface area contributed by atoms with Crippen molar-refractivity contribution in [2.45, 2.75) is 26.3 Å². The molecule has 0 aliphatic carbocycles. The van der Waals surface area contributed by atoms with Crippen LogP contribution in [0.25, 0.3) is 11.5 Å². The second kappa shape index (κ2) is 2.97. The Morgan fingerprint density at radius 3 is 2.64 bits per heavy atom. The van der Waals surface area contributed by atoms with E-state index in [1.54, 1.807) is 6.26 Å². The highest BCUT2D eigenvalue weighted by Gasteiger charge is 2.16. The van der Waals surface area contributed by atoms with Gasteiger partial charge < -0.3 is 4.42 Å². The minimum Gasteiger partial charge on any atom is -0.463 e. The molecule has 2 heterocycles. The average molecular weight is 191 g/mol. The first-order valence-corrected chi connectivity index (χ1v) is 4.54. The van der Waals surface area contributed by atoms with Gasteiger partial charge in [-0.3, -0.25) is 0 Å². The van der Waals surface area contributed by atoms with Crippen LogP contribution in [0.3, 0.4) is 0 Å². The van der Waals surface area contributed by atoms with Crippen molar-refractivity contribution in [1.82, 2.24) is 15.0 Å². The monoisotopic (exact) mass is 191 g/mol. The van der Waals surface area contributed by atoms with Crippen LogP contribution < -0.4 is 0 Å². The van der Waals surface area contributed by atoms with Gasteiger partial charge in [0, 0.05) is 0 Å². The van der Waals surface area contributed by atoms with Gasteiger partial charge in [-0.2, -0.15) is 0 Å².